The van der Waals surface area contributed by atoms with E-state index in [1.807, 2.05) is 36.4 Å². The van der Waals surface area contributed by atoms with Gasteiger partial charge in [0.1, 0.15) is 11.3 Å². The van der Waals surface area contributed by atoms with Crippen LogP contribution < -0.4 is 16.2 Å². The van der Waals surface area contributed by atoms with Gasteiger partial charge in [-0.2, -0.15) is 0 Å². The maximum Gasteiger partial charge on any atom is 0.410 e. The fraction of sp³-hybridized carbons (Fsp3) is 0.320. The van der Waals surface area contributed by atoms with Crippen molar-refractivity contribution in [3.63, 3.8) is 0 Å². The zero-order chi connectivity index (χ0) is 24.6. The number of amides is 2. The summed E-state index contributed by atoms with van der Waals surface area (Å²) in [7, 11) is 1.69. The molecule has 2 heterocycles. The lowest BCUT2D eigenvalue weighted by atomic mass is 9.99. The highest BCUT2D eigenvalue weighted by atomic mass is 35.5. The molecule has 1 aliphatic heterocycles. The Morgan fingerprint density at radius 2 is 1.74 bits per heavy atom. The highest BCUT2D eigenvalue weighted by molar-refractivity contribution is 6.31. The molecule has 3 aromatic rings. The third-order valence-electron chi connectivity index (χ3n) is 5.55. The quantitative estimate of drug-likeness (QED) is 0.571. The molecule has 4 rings (SSSR count). The Morgan fingerprint density at radius 3 is 2.35 bits per heavy atom. The van der Waals surface area contributed by atoms with Gasteiger partial charge in [0, 0.05) is 36.2 Å². The number of hydrogen-bond acceptors (Lipinski definition) is 5. The summed E-state index contributed by atoms with van der Waals surface area (Å²) >= 11 is 6.25. The van der Waals surface area contributed by atoms with Crippen LogP contribution in [-0.2, 0) is 9.53 Å². The lowest BCUT2D eigenvalue weighted by Crippen LogP contribution is -2.55. The van der Waals surface area contributed by atoms with Crippen molar-refractivity contribution in [3.8, 4) is 5.69 Å². The summed E-state index contributed by atoms with van der Waals surface area (Å²) in [6.07, 6.45) is -0.457. The molecule has 0 unspecified atom stereocenters. The molecule has 9 heteroatoms. The number of hydrogen-bond donors (Lipinski definition) is 2. The summed E-state index contributed by atoms with van der Waals surface area (Å²) in [5.41, 5.74) is 0.913. The molecule has 8 nitrogen and oxygen atoms in total. The molecule has 0 spiro atoms. The number of rotatable bonds is 4. The summed E-state index contributed by atoms with van der Waals surface area (Å²) in [6, 6.07) is 14.4. The molecule has 2 amide bonds. The Balaban J connectivity index is 1.68. The van der Waals surface area contributed by atoms with Gasteiger partial charge in [-0.25, -0.2) is 4.79 Å². The fourth-order valence-electron chi connectivity index (χ4n) is 3.92. The Labute approximate surface area is 202 Å². The molecule has 1 aromatic heterocycles. The first-order valence-electron chi connectivity index (χ1n) is 11.0. The first-order chi connectivity index (χ1) is 16.1. The van der Waals surface area contributed by atoms with Gasteiger partial charge in [-0.05, 0) is 51.1 Å². The van der Waals surface area contributed by atoms with Crippen molar-refractivity contribution in [3.05, 3.63) is 63.9 Å². The van der Waals surface area contributed by atoms with Gasteiger partial charge in [0.2, 0.25) is 5.91 Å². The van der Waals surface area contributed by atoms with Gasteiger partial charge >= 0.3 is 6.09 Å². The Morgan fingerprint density at radius 1 is 1.06 bits per heavy atom. The maximum atomic E-state index is 13.6. The van der Waals surface area contributed by atoms with Gasteiger partial charge in [0.05, 0.1) is 17.1 Å². The number of halogens is 1. The Bertz CT molecular complexity index is 1310. The monoisotopic (exact) mass is 482 g/mol. The third-order valence-corrected chi connectivity index (χ3v) is 5.79. The van der Waals surface area contributed by atoms with E-state index in [2.05, 4.69) is 10.6 Å². The molecule has 1 aliphatic rings. The van der Waals surface area contributed by atoms with Crippen LogP contribution in [0.1, 0.15) is 20.8 Å². The van der Waals surface area contributed by atoms with Gasteiger partial charge in [-0.15, -0.1) is 0 Å². The van der Waals surface area contributed by atoms with Crippen LogP contribution >= 0.6 is 11.6 Å². The van der Waals surface area contributed by atoms with E-state index < -0.39 is 17.6 Å². The minimum absolute atomic E-state index is 0.141. The van der Waals surface area contributed by atoms with E-state index >= 15 is 0 Å². The minimum atomic E-state index is -0.608. The van der Waals surface area contributed by atoms with Crippen molar-refractivity contribution in [1.29, 1.82) is 0 Å². The van der Waals surface area contributed by atoms with Crippen LogP contribution in [0.3, 0.4) is 0 Å². The van der Waals surface area contributed by atoms with Crippen LogP contribution in [0.4, 0.5) is 16.2 Å². The summed E-state index contributed by atoms with van der Waals surface area (Å²) < 4.78 is 6.88. The van der Waals surface area contributed by atoms with Gasteiger partial charge < -0.3 is 20.3 Å². The molecule has 0 aliphatic carbocycles. The second kappa shape index (κ2) is 9.02. The van der Waals surface area contributed by atoms with E-state index in [1.165, 1.54) is 9.47 Å². The van der Waals surface area contributed by atoms with E-state index in [-0.39, 0.29) is 30.2 Å². The van der Waals surface area contributed by atoms with Crippen LogP contribution in [0.25, 0.3) is 16.6 Å². The van der Waals surface area contributed by atoms with E-state index in [4.69, 9.17) is 16.3 Å². The van der Waals surface area contributed by atoms with Crippen molar-refractivity contribution in [2.75, 3.05) is 30.8 Å². The average molecular weight is 483 g/mol. The second-order valence-corrected chi connectivity index (χ2v) is 9.65. The van der Waals surface area contributed by atoms with Crippen LogP contribution in [0.15, 0.2) is 53.3 Å². The van der Waals surface area contributed by atoms with E-state index in [0.717, 1.165) is 5.39 Å². The summed E-state index contributed by atoms with van der Waals surface area (Å²) in [4.78, 5) is 40.3. The third kappa shape index (κ3) is 4.59. The smallest absolute Gasteiger partial charge is 0.410 e. The van der Waals surface area contributed by atoms with E-state index in [0.29, 0.717) is 21.9 Å². The average Bonchev–Trinajstić information content (AvgIpc) is 2.72. The number of nitrogens with one attached hydrogen (secondary N) is 2. The summed E-state index contributed by atoms with van der Waals surface area (Å²) in [5.74, 6) is -0.774. The topological polar surface area (TPSA) is 92.7 Å². The Kier molecular flexibility index (Phi) is 6.27. The number of anilines is 2. The zero-order valence-electron chi connectivity index (χ0n) is 19.5. The zero-order valence-corrected chi connectivity index (χ0v) is 20.3. The standard InChI is InChI=1S/C25H27ClN4O4/c1-25(2,3)34-24(33)29-13-15(14-29)22(31)28-21-20(27-4)18-11-10-16(26)12-19(18)30(23(21)32)17-8-6-5-7-9-17/h5-12,15,27H,13-14H2,1-4H3,(H,28,31). The van der Waals surface area contributed by atoms with Crippen LogP contribution in [0.5, 0.6) is 0 Å². The molecular weight excluding hydrogens is 456 g/mol. The first kappa shape index (κ1) is 23.6. The predicted octanol–water partition coefficient (Wildman–Crippen LogP) is 4.49. The lowest BCUT2D eigenvalue weighted by molar-refractivity contribution is -0.124. The van der Waals surface area contributed by atoms with Crippen molar-refractivity contribution in [1.82, 2.24) is 9.47 Å². The SMILES string of the molecule is CNc1c(NC(=O)C2CN(C(=O)OC(C)(C)C)C2)c(=O)n(-c2ccccc2)c2cc(Cl)ccc12. The van der Waals surface area contributed by atoms with Crippen LogP contribution in [-0.4, -0.2) is 47.2 Å². The molecule has 2 N–H and O–H groups in total. The maximum absolute atomic E-state index is 13.6. The minimum Gasteiger partial charge on any atom is -0.444 e. The molecular formula is C25H27ClN4O4. The van der Waals surface area contributed by atoms with Crippen molar-refractivity contribution in [2.24, 2.45) is 5.92 Å². The number of carbonyl (C=O) groups is 2. The second-order valence-electron chi connectivity index (χ2n) is 9.21. The highest BCUT2D eigenvalue weighted by Gasteiger charge is 2.38. The number of pyridine rings is 1. The number of aromatic nitrogens is 1. The number of para-hydroxylation sites is 1. The number of carbonyl (C=O) groups excluding carboxylic acids is 2. The number of ether oxygens (including phenoxy) is 1. The van der Waals surface area contributed by atoms with Crippen LogP contribution in [0, 0.1) is 5.92 Å². The molecule has 1 saturated heterocycles. The van der Waals surface area contributed by atoms with Gasteiger partial charge in [-0.1, -0.05) is 29.8 Å². The van der Waals surface area contributed by atoms with Crippen LogP contribution in [0.2, 0.25) is 5.02 Å². The largest absolute Gasteiger partial charge is 0.444 e. The van der Waals surface area contributed by atoms with Gasteiger partial charge in [0.25, 0.3) is 5.56 Å². The molecule has 34 heavy (non-hydrogen) atoms. The molecule has 0 radical (unpaired) electrons. The first-order valence-corrected chi connectivity index (χ1v) is 11.4. The van der Waals surface area contributed by atoms with Gasteiger partial charge in [-0.3, -0.25) is 14.2 Å². The van der Waals surface area contributed by atoms with Crippen molar-refractivity contribution >= 4 is 45.9 Å². The molecule has 178 valence electrons. The number of fused-ring (bicyclic) bond motifs is 1. The van der Waals surface area contributed by atoms with Crippen molar-refractivity contribution < 1.29 is 14.3 Å². The summed E-state index contributed by atoms with van der Waals surface area (Å²) in [6.45, 7) is 5.83. The summed E-state index contributed by atoms with van der Waals surface area (Å²) in [5, 5.41) is 7.09. The molecule has 0 atom stereocenters. The normalized spacial score (nSPS) is 14.0. The number of likely N-dealkylation sites (tertiary alicyclic amines) is 1. The predicted molar refractivity (Wildman–Crippen MR) is 134 cm³/mol. The molecule has 0 saturated carbocycles. The van der Waals surface area contributed by atoms with Crippen molar-refractivity contribution in [2.45, 2.75) is 26.4 Å². The number of benzene rings is 2. The molecule has 1 fully saturated rings. The highest BCUT2D eigenvalue weighted by Crippen LogP contribution is 2.32. The molecule has 0 bridgehead atoms. The molecule has 2 aromatic carbocycles. The van der Waals surface area contributed by atoms with E-state index in [1.54, 1.807) is 40.0 Å². The van der Waals surface area contributed by atoms with Gasteiger partial charge in [0.15, 0.2) is 0 Å². The number of nitrogens with zero attached hydrogens (tertiary/aromatic N) is 2. The lowest BCUT2D eigenvalue weighted by Gasteiger charge is -2.38. The Hall–Kier alpha value is -3.52. The van der Waals surface area contributed by atoms with E-state index in [9.17, 15) is 14.4 Å². The fourth-order valence-corrected chi connectivity index (χ4v) is 4.08.